The summed E-state index contributed by atoms with van der Waals surface area (Å²) in [4.78, 5) is 11.9. The molecule has 1 heterocycles. The number of anilines is 1. The van der Waals surface area contributed by atoms with Crippen molar-refractivity contribution < 1.29 is 0 Å². The van der Waals surface area contributed by atoms with Gasteiger partial charge in [-0.15, -0.1) is 6.58 Å². The first kappa shape index (κ1) is 15.7. The molecule has 0 amide bonds. The van der Waals surface area contributed by atoms with Crippen molar-refractivity contribution in [1.29, 1.82) is 0 Å². The number of unbranched alkanes of at least 4 members (excludes halogenated alkanes) is 1. The van der Waals surface area contributed by atoms with E-state index in [-0.39, 0.29) is 16.6 Å². The highest BCUT2D eigenvalue weighted by atomic mass is 35.5. The summed E-state index contributed by atoms with van der Waals surface area (Å²) >= 11 is 6.06. The van der Waals surface area contributed by atoms with Crippen LogP contribution >= 0.6 is 11.6 Å². The van der Waals surface area contributed by atoms with Gasteiger partial charge in [-0.2, -0.15) is 5.10 Å². The molecule has 0 bridgehead atoms. The van der Waals surface area contributed by atoms with Crippen molar-refractivity contribution in [2.75, 3.05) is 11.9 Å². The Morgan fingerprint density at radius 3 is 3.00 bits per heavy atom. The second-order valence-corrected chi connectivity index (χ2v) is 4.75. The first-order valence-electron chi connectivity index (χ1n) is 6.47. The Bertz CT molecular complexity index is 472. The van der Waals surface area contributed by atoms with Gasteiger partial charge in [-0.25, -0.2) is 4.68 Å². The molecular weight excluding hydrogens is 264 g/mol. The number of hydrogen-bond donors (Lipinski definition) is 2. The second-order valence-electron chi connectivity index (χ2n) is 4.37. The van der Waals surface area contributed by atoms with E-state index in [2.05, 4.69) is 23.9 Å². The van der Waals surface area contributed by atoms with Gasteiger partial charge in [0.25, 0.3) is 5.56 Å². The van der Waals surface area contributed by atoms with Gasteiger partial charge in [0.05, 0.1) is 18.4 Å². The van der Waals surface area contributed by atoms with Crippen LogP contribution in [0.15, 0.2) is 23.6 Å². The predicted octanol–water partition coefficient (Wildman–Crippen LogP) is 2.01. The summed E-state index contributed by atoms with van der Waals surface area (Å²) in [5, 5.41) is 7.37. The third kappa shape index (κ3) is 4.36. The molecule has 1 unspecified atom stereocenters. The van der Waals surface area contributed by atoms with Gasteiger partial charge in [0.15, 0.2) is 0 Å². The van der Waals surface area contributed by atoms with E-state index in [0.29, 0.717) is 18.8 Å². The summed E-state index contributed by atoms with van der Waals surface area (Å²) in [6.45, 7) is 6.53. The SMILES string of the molecule is C=CCn1ncc(NC(CN)CCCC)c(Cl)c1=O. The van der Waals surface area contributed by atoms with Gasteiger partial charge < -0.3 is 11.1 Å². The number of aromatic nitrogens is 2. The molecule has 1 aromatic heterocycles. The molecule has 0 saturated carbocycles. The molecule has 1 aromatic rings. The number of rotatable bonds is 8. The lowest BCUT2D eigenvalue weighted by molar-refractivity contribution is 0.610. The standard InChI is InChI=1S/C13H21ClN4O/c1-3-5-6-10(8-15)17-11-9-16-18(7-4-2)13(19)12(11)14/h4,9-10,17H,2-3,5-8,15H2,1H3. The molecule has 1 atom stereocenters. The molecule has 0 aliphatic carbocycles. The topological polar surface area (TPSA) is 72.9 Å². The van der Waals surface area contributed by atoms with Crippen molar-refractivity contribution in [3.05, 3.63) is 34.2 Å². The maximum Gasteiger partial charge on any atom is 0.287 e. The molecule has 0 spiro atoms. The van der Waals surface area contributed by atoms with Crippen LogP contribution in [0.4, 0.5) is 5.69 Å². The van der Waals surface area contributed by atoms with Crippen LogP contribution in [-0.2, 0) is 6.54 Å². The van der Waals surface area contributed by atoms with E-state index in [1.807, 2.05) is 0 Å². The summed E-state index contributed by atoms with van der Waals surface area (Å²) in [7, 11) is 0. The van der Waals surface area contributed by atoms with Crippen LogP contribution in [0.1, 0.15) is 26.2 Å². The highest BCUT2D eigenvalue weighted by Gasteiger charge is 2.12. The molecule has 6 heteroatoms. The Morgan fingerprint density at radius 1 is 1.68 bits per heavy atom. The van der Waals surface area contributed by atoms with E-state index >= 15 is 0 Å². The molecule has 19 heavy (non-hydrogen) atoms. The van der Waals surface area contributed by atoms with E-state index < -0.39 is 0 Å². The quantitative estimate of drug-likeness (QED) is 0.716. The van der Waals surface area contributed by atoms with Crippen molar-refractivity contribution in [2.45, 2.75) is 38.8 Å². The van der Waals surface area contributed by atoms with Gasteiger partial charge in [0, 0.05) is 12.6 Å². The molecule has 0 aliphatic heterocycles. The molecule has 0 aromatic carbocycles. The molecule has 0 fully saturated rings. The van der Waals surface area contributed by atoms with Crippen LogP contribution in [0.3, 0.4) is 0 Å². The third-order valence-electron chi connectivity index (χ3n) is 2.84. The Morgan fingerprint density at radius 2 is 2.42 bits per heavy atom. The lowest BCUT2D eigenvalue weighted by Gasteiger charge is -2.18. The van der Waals surface area contributed by atoms with Crippen molar-refractivity contribution in [2.24, 2.45) is 5.73 Å². The number of halogens is 1. The zero-order chi connectivity index (χ0) is 14.3. The Hall–Kier alpha value is -1.33. The zero-order valence-electron chi connectivity index (χ0n) is 11.2. The van der Waals surface area contributed by atoms with Crippen molar-refractivity contribution in [1.82, 2.24) is 9.78 Å². The van der Waals surface area contributed by atoms with Gasteiger partial charge >= 0.3 is 0 Å². The molecule has 0 saturated heterocycles. The minimum absolute atomic E-state index is 0.105. The van der Waals surface area contributed by atoms with Crippen LogP contribution < -0.4 is 16.6 Å². The van der Waals surface area contributed by atoms with Gasteiger partial charge in [0.2, 0.25) is 0 Å². The van der Waals surface area contributed by atoms with Crippen molar-refractivity contribution in [3.8, 4) is 0 Å². The normalized spacial score (nSPS) is 12.2. The van der Waals surface area contributed by atoms with Gasteiger partial charge in [-0.05, 0) is 6.42 Å². The molecule has 0 radical (unpaired) electrons. The molecule has 5 nitrogen and oxygen atoms in total. The Balaban J connectivity index is 2.86. The summed E-state index contributed by atoms with van der Waals surface area (Å²) in [6.07, 6.45) is 6.28. The first-order chi connectivity index (χ1) is 9.13. The lowest BCUT2D eigenvalue weighted by Crippen LogP contribution is -2.31. The van der Waals surface area contributed by atoms with Crippen LogP contribution in [0, 0.1) is 0 Å². The van der Waals surface area contributed by atoms with E-state index in [9.17, 15) is 4.79 Å². The van der Waals surface area contributed by atoms with Crippen LogP contribution in [0.25, 0.3) is 0 Å². The highest BCUT2D eigenvalue weighted by molar-refractivity contribution is 6.32. The number of nitrogens with zero attached hydrogens (tertiary/aromatic N) is 2. The highest BCUT2D eigenvalue weighted by Crippen LogP contribution is 2.17. The van der Waals surface area contributed by atoms with Crippen LogP contribution in [0.2, 0.25) is 5.02 Å². The van der Waals surface area contributed by atoms with E-state index in [1.54, 1.807) is 12.3 Å². The molecule has 0 aliphatic rings. The maximum atomic E-state index is 11.9. The minimum atomic E-state index is -0.321. The second kappa shape index (κ2) is 7.96. The summed E-state index contributed by atoms with van der Waals surface area (Å²) in [6, 6.07) is 0.105. The van der Waals surface area contributed by atoms with Gasteiger partial charge in [-0.1, -0.05) is 37.4 Å². The lowest BCUT2D eigenvalue weighted by atomic mass is 10.1. The fourth-order valence-electron chi connectivity index (χ4n) is 1.74. The van der Waals surface area contributed by atoms with E-state index in [0.717, 1.165) is 19.3 Å². The number of nitrogens with one attached hydrogen (secondary N) is 1. The summed E-state index contributed by atoms with van der Waals surface area (Å²) in [5.74, 6) is 0. The predicted molar refractivity (Wildman–Crippen MR) is 79.7 cm³/mol. The smallest absolute Gasteiger partial charge is 0.287 e. The first-order valence-corrected chi connectivity index (χ1v) is 6.84. The molecular formula is C13H21ClN4O. The minimum Gasteiger partial charge on any atom is -0.378 e. The summed E-state index contributed by atoms with van der Waals surface area (Å²) < 4.78 is 1.27. The zero-order valence-corrected chi connectivity index (χ0v) is 12.0. The van der Waals surface area contributed by atoms with Crippen molar-refractivity contribution in [3.63, 3.8) is 0 Å². The molecule has 106 valence electrons. The Kier molecular flexibility index (Phi) is 6.59. The number of hydrogen-bond acceptors (Lipinski definition) is 4. The number of allylic oxidation sites excluding steroid dienone is 1. The van der Waals surface area contributed by atoms with E-state index in [1.165, 1.54) is 4.68 Å². The molecule has 1 rings (SSSR count). The third-order valence-corrected chi connectivity index (χ3v) is 3.20. The maximum absolute atomic E-state index is 11.9. The summed E-state index contributed by atoms with van der Waals surface area (Å²) in [5.41, 5.74) is 5.92. The molecule has 3 N–H and O–H groups in total. The average molecular weight is 285 g/mol. The van der Waals surface area contributed by atoms with Crippen LogP contribution in [0.5, 0.6) is 0 Å². The van der Waals surface area contributed by atoms with Gasteiger partial charge in [-0.3, -0.25) is 4.79 Å². The van der Waals surface area contributed by atoms with Crippen LogP contribution in [-0.4, -0.2) is 22.4 Å². The average Bonchev–Trinajstić information content (AvgIpc) is 2.42. The fourth-order valence-corrected chi connectivity index (χ4v) is 1.94. The van der Waals surface area contributed by atoms with E-state index in [4.69, 9.17) is 17.3 Å². The van der Waals surface area contributed by atoms with Crippen molar-refractivity contribution >= 4 is 17.3 Å². The largest absolute Gasteiger partial charge is 0.378 e. The number of nitrogens with two attached hydrogens (primary N) is 1. The Labute approximate surface area is 118 Å². The fraction of sp³-hybridized carbons (Fsp3) is 0.538. The monoisotopic (exact) mass is 284 g/mol. The van der Waals surface area contributed by atoms with Gasteiger partial charge in [0.1, 0.15) is 5.02 Å².